The van der Waals surface area contributed by atoms with Gasteiger partial charge in [0.25, 0.3) is 0 Å². The topological polar surface area (TPSA) is 43.4 Å². The summed E-state index contributed by atoms with van der Waals surface area (Å²) >= 11 is 0. The Labute approximate surface area is 130 Å². The molecule has 0 radical (unpaired) electrons. The average molecular weight is 296 g/mol. The lowest BCUT2D eigenvalue weighted by molar-refractivity contribution is -0.151. The van der Waals surface area contributed by atoms with E-state index in [4.69, 9.17) is 4.74 Å². The summed E-state index contributed by atoms with van der Waals surface area (Å²) in [6, 6.07) is 18.5. The van der Waals surface area contributed by atoms with E-state index in [1.54, 1.807) is 19.1 Å². The van der Waals surface area contributed by atoms with Gasteiger partial charge in [0.15, 0.2) is 5.78 Å². The minimum absolute atomic E-state index is 0.170. The van der Waals surface area contributed by atoms with Crippen molar-refractivity contribution in [3.8, 4) is 0 Å². The maximum atomic E-state index is 13.1. The first-order valence-electron chi connectivity index (χ1n) is 7.25. The fourth-order valence-electron chi connectivity index (χ4n) is 2.66. The molecule has 114 valence electrons. The molecule has 2 atom stereocenters. The highest BCUT2D eigenvalue weighted by molar-refractivity contribution is 6.11. The number of carbonyl (C=O) groups excluding carboxylic acids is 2. The van der Waals surface area contributed by atoms with Crippen LogP contribution in [0.2, 0.25) is 0 Å². The Morgan fingerprint density at radius 1 is 0.955 bits per heavy atom. The van der Waals surface area contributed by atoms with Crippen molar-refractivity contribution < 1.29 is 14.3 Å². The van der Waals surface area contributed by atoms with Crippen LogP contribution >= 0.6 is 0 Å². The van der Waals surface area contributed by atoms with Gasteiger partial charge in [0.1, 0.15) is 5.41 Å². The number of hydrogen-bond acceptors (Lipinski definition) is 3. The van der Waals surface area contributed by atoms with Crippen LogP contribution in [-0.4, -0.2) is 18.9 Å². The maximum Gasteiger partial charge on any atom is 0.323 e. The molecule has 2 unspecified atom stereocenters. The number of esters is 1. The zero-order chi connectivity index (χ0) is 16.2. The van der Waals surface area contributed by atoms with Crippen LogP contribution in [-0.2, 0) is 19.7 Å². The lowest BCUT2D eigenvalue weighted by atomic mass is 9.73. The van der Waals surface area contributed by atoms with Crippen LogP contribution < -0.4 is 0 Å². The Balaban J connectivity index is 2.46. The number of hydrogen-bond donors (Lipinski definition) is 0. The second-order valence-electron chi connectivity index (χ2n) is 5.48. The van der Waals surface area contributed by atoms with Crippen molar-refractivity contribution in [2.24, 2.45) is 0 Å². The highest BCUT2D eigenvalue weighted by Crippen LogP contribution is 2.33. The maximum absolute atomic E-state index is 13.1. The quantitative estimate of drug-likeness (QED) is 0.626. The van der Waals surface area contributed by atoms with Crippen molar-refractivity contribution in [1.82, 2.24) is 0 Å². The molecule has 2 aromatic carbocycles. The normalized spacial score (nSPS) is 14.7. The average Bonchev–Trinajstić information content (AvgIpc) is 2.60. The molecule has 0 aliphatic carbocycles. The summed E-state index contributed by atoms with van der Waals surface area (Å²) in [5.74, 6) is -1.10. The Hall–Kier alpha value is -2.42. The molecular weight excluding hydrogens is 276 g/mol. The smallest absolute Gasteiger partial charge is 0.323 e. The zero-order valence-electron chi connectivity index (χ0n) is 13.1. The van der Waals surface area contributed by atoms with Gasteiger partial charge in [-0.25, -0.2) is 0 Å². The van der Waals surface area contributed by atoms with E-state index in [2.05, 4.69) is 0 Å². The van der Waals surface area contributed by atoms with Gasteiger partial charge in [-0.3, -0.25) is 9.59 Å². The molecule has 2 rings (SSSR count). The molecule has 0 saturated carbocycles. The SMILES string of the molecule is COC(=O)C(C)(C(=O)C(C)c1ccccc1)c1ccccc1. The van der Waals surface area contributed by atoms with Crippen LogP contribution in [0.25, 0.3) is 0 Å². The number of carbonyl (C=O) groups is 2. The van der Waals surface area contributed by atoms with Crippen molar-refractivity contribution in [3.05, 3.63) is 71.8 Å². The molecule has 3 heteroatoms. The van der Waals surface area contributed by atoms with Gasteiger partial charge in [0.2, 0.25) is 0 Å². The molecule has 0 aliphatic rings. The first kappa shape index (κ1) is 16.0. The van der Waals surface area contributed by atoms with E-state index in [0.717, 1.165) is 5.56 Å². The number of rotatable bonds is 5. The van der Waals surface area contributed by atoms with Crippen LogP contribution in [0, 0.1) is 0 Å². The highest BCUT2D eigenvalue weighted by atomic mass is 16.5. The van der Waals surface area contributed by atoms with Gasteiger partial charge in [0.05, 0.1) is 7.11 Å². The van der Waals surface area contributed by atoms with Gasteiger partial charge in [-0.1, -0.05) is 67.6 Å². The first-order valence-corrected chi connectivity index (χ1v) is 7.25. The van der Waals surface area contributed by atoms with Crippen LogP contribution in [0.3, 0.4) is 0 Å². The van der Waals surface area contributed by atoms with Crippen LogP contribution in [0.15, 0.2) is 60.7 Å². The lowest BCUT2D eigenvalue weighted by Crippen LogP contribution is -2.44. The molecule has 0 heterocycles. The van der Waals surface area contributed by atoms with Crippen LogP contribution in [0.4, 0.5) is 0 Å². The van der Waals surface area contributed by atoms with Gasteiger partial charge in [-0.15, -0.1) is 0 Å². The van der Waals surface area contributed by atoms with Gasteiger partial charge >= 0.3 is 5.97 Å². The minimum Gasteiger partial charge on any atom is -0.468 e. The number of Topliss-reactive ketones (excluding diaryl/α,β-unsaturated/α-hetero) is 1. The molecule has 0 aromatic heterocycles. The predicted molar refractivity (Wildman–Crippen MR) is 85.7 cm³/mol. The number of methoxy groups -OCH3 is 1. The van der Waals surface area contributed by atoms with Crippen LogP contribution in [0.5, 0.6) is 0 Å². The standard InChI is InChI=1S/C19H20O3/c1-14(15-10-6-4-7-11-15)17(20)19(2,18(21)22-3)16-12-8-5-9-13-16/h4-14H,1-3H3. The molecule has 0 fully saturated rings. The summed E-state index contributed by atoms with van der Waals surface area (Å²) < 4.78 is 4.92. The van der Waals surface area contributed by atoms with Gasteiger partial charge in [-0.2, -0.15) is 0 Å². The van der Waals surface area contributed by atoms with E-state index in [0.29, 0.717) is 5.56 Å². The minimum atomic E-state index is -1.31. The number of benzene rings is 2. The molecule has 0 aliphatic heterocycles. The number of ether oxygens (including phenoxy) is 1. The Kier molecular flexibility index (Phi) is 4.76. The predicted octanol–water partition coefficient (Wildman–Crippen LogP) is 3.49. The third kappa shape index (κ3) is 2.80. The molecule has 22 heavy (non-hydrogen) atoms. The Morgan fingerprint density at radius 3 is 1.95 bits per heavy atom. The lowest BCUT2D eigenvalue weighted by Gasteiger charge is -2.28. The second-order valence-corrected chi connectivity index (χ2v) is 5.48. The van der Waals surface area contributed by atoms with Crippen molar-refractivity contribution in [1.29, 1.82) is 0 Å². The van der Waals surface area contributed by atoms with E-state index in [-0.39, 0.29) is 5.78 Å². The zero-order valence-corrected chi connectivity index (χ0v) is 13.1. The fourth-order valence-corrected chi connectivity index (χ4v) is 2.66. The summed E-state index contributed by atoms with van der Waals surface area (Å²) in [6.07, 6.45) is 0. The molecule has 0 bridgehead atoms. The van der Waals surface area contributed by atoms with Crippen molar-refractivity contribution in [2.45, 2.75) is 25.2 Å². The largest absolute Gasteiger partial charge is 0.468 e. The second kappa shape index (κ2) is 6.56. The third-order valence-corrected chi connectivity index (χ3v) is 4.13. The monoisotopic (exact) mass is 296 g/mol. The van der Waals surface area contributed by atoms with Crippen molar-refractivity contribution in [2.75, 3.05) is 7.11 Å². The number of ketones is 1. The first-order chi connectivity index (χ1) is 10.5. The molecule has 2 aromatic rings. The molecule has 3 nitrogen and oxygen atoms in total. The molecule has 0 saturated heterocycles. The van der Waals surface area contributed by atoms with E-state index in [1.807, 2.05) is 55.5 Å². The van der Waals surface area contributed by atoms with E-state index >= 15 is 0 Å². The van der Waals surface area contributed by atoms with E-state index < -0.39 is 17.3 Å². The summed E-state index contributed by atoms with van der Waals surface area (Å²) in [7, 11) is 1.31. The molecule has 0 spiro atoms. The highest BCUT2D eigenvalue weighted by Gasteiger charge is 2.45. The van der Waals surface area contributed by atoms with Gasteiger partial charge in [-0.05, 0) is 18.1 Å². The van der Waals surface area contributed by atoms with E-state index in [1.165, 1.54) is 7.11 Å². The van der Waals surface area contributed by atoms with Gasteiger partial charge in [0, 0.05) is 5.92 Å². The summed E-state index contributed by atoms with van der Waals surface area (Å²) in [5.41, 5.74) is 0.221. The Bertz CT molecular complexity index is 649. The molecule has 0 N–H and O–H groups in total. The summed E-state index contributed by atoms with van der Waals surface area (Å²) in [5, 5.41) is 0. The summed E-state index contributed by atoms with van der Waals surface area (Å²) in [6.45, 7) is 3.46. The molecular formula is C19H20O3. The van der Waals surface area contributed by atoms with Crippen molar-refractivity contribution in [3.63, 3.8) is 0 Å². The van der Waals surface area contributed by atoms with Crippen LogP contribution in [0.1, 0.15) is 30.9 Å². The fraction of sp³-hybridized carbons (Fsp3) is 0.263. The molecule has 0 amide bonds. The Morgan fingerprint density at radius 2 is 1.45 bits per heavy atom. The van der Waals surface area contributed by atoms with Gasteiger partial charge < -0.3 is 4.74 Å². The summed E-state index contributed by atoms with van der Waals surface area (Å²) in [4.78, 5) is 25.4. The third-order valence-electron chi connectivity index (χ3n) is 4.13. The van der Waals surface area contributed by atoms with Crippen molar-refractivity contribution >= 4 is 11.8 Å². The van der Waals surface area contributed by atoms with E-state index in [9.17, 15) is 9.59 Å².